The Kier molecular flexibility index (Phi) is 11.3. The van der Waals surface area contributed by atoms with E-state index in [-0.39, 0.29) is 5.92 Å². The van der Waals surface area contributed by atoms with Crippen LogP contribution < -0.4 is 0 Å². The summed E-state index contributed by atoms with van der Waals surface area (Å²) < 4.78 is 0. The van der Waals surface area contributed by atoms with E-state index in [0.717, 1.165) is 77.4 Å². The minimum Gasteiger partial charge on any atom is -0.370 e. The van der Waals surface area contributed by atoms with Crippen LogP contribution in [0.15, 0.2) is 158 Å². The lowest BCUT2D eigenvalue weighted by Gasteiger charge is -2.46. The number of aliphatic imine (C=N–C) groups is 3. The molecule has 8 aliphatic rings. The molecule has 8 aliphatic heterocycles. The Hall–Kier alpha value is -3.92. The molecule has 0 amide bonds. The maximum Gasteiger partial charge on any atom is 0.182 e. The van der Waals surface area contributed by atoms with Crippen molar-refractivity contribution >= 4 is 75.1 Å². The highest BCUT2D eigenvalue weighted by molar-refractivity contribution is 6.51. The predicted molar refractivity (Wildman–Crippen MR) is 257 cm³/mol. The maximum absolute atomic E-state index is 8.32. The van der Waals surface area contributed by atoms with E-state index in [4.69, 9.17) is 73.0 Å². The van der Waals surface area contributed by atoms with E-state index in [9.17, 15) is 0 Å². The first kappa shape index (κ1) is 42.4. The van der Waals surface area contributed by atoms with Gasteiger partial charge in [0.2, 0.25) is 0 Å². The number of hydrogen-bond acceptors (Lipinski definition) is 7. The van der Waals surface area contributed by atoms with Crippen LogP contribution in [-0.4, -0.2) is 114 Å². The minimum atomic E-state index is -1.64. The Morgan fingerprint density at radius 2 is 1.30 bits per heavy atom. The first-order chi connectivity index (χ1) is 29.4. The third-order valence-electron chi connectivity index (χ3n) is 13.1. The number of nitrogens with one attached hydrogen (secondary N) is 1. The number of allylic oxidation sites excluding steroid dienone is 13. The fourth-order valence-electron chi connectivity index (χ4n) is 9.86. The summed E-state index contributed by atoms with van der Waals surface area (Å²) in [7, 11) is 0. The number of aromatic nitrogens is 1. The normalized spacial score (nSPS) is 34.1. The molecule has 0 radical (unpaired) electrons. The zero-order valence-electron chi connectivity index (χ0n) is 34.9. The molecule has 6 unspecified atom stereocenters. The van der Waals surface area contributed by atoms with Gasteiger partial charge in [-0.25, -0.2) is 0 Å². The van der Waals surface area contributed by atoms with E-state index >= 15 is 0 Å². The Balaban J connectivity index is 1.38. The van der Waals surface area contributed by atoms with Crippen LogP contribution in [0.5, 0.6) is 0 Å². The van der Waals surface area contributed by atoms with Crippen molar-refractivity contribution in [3.63, 3.8) is 0 Å². The molecule has 0 spiro atoms. The van der Waals surface area contributed by atoms with Crippen LogP contribution in [-0.2, 0) is 4.87 Å². The molecule has 8 bridgehead atoms. The van der Waals surface area contributed by atoms with E-state index in [1.807, 2.05) is 42.5 Å². The van der Waals surface area contributed by atoms with Crippen LogP contribution in [0, 0.1) is 0 Å². The van der Waals surface area contributed by atoms with Gasteiger partial charge < -0.3 is 24.6 Å². The Bertz CT molecular complexity index is 2440. The van der Waals surface area contributed by atoms with E-state index in [0.29, 0.717) is 44.0 Å². The first-order valence-corrected chi connectivity index (χ1v) is 23.4. The summed E-state index contributed by atoms with van der Waals surface area (Å²) in [6, 6.07) is 4.17. The van der Waals surface area contributed by atoms with Crippen LogP contribution in [0.1, 0.15) is 51.4 Å². The molecule has 0 aliphatic carbocycles. The van der Waals surface area contributed by atoms with Crippen molar-refractivity contribution in [3.05, 3.63) is 155 Å². The van der Waals surface area contributed by atoms with E-state index in [1.165, 1.54) is 0 Å². The summed E-state index contributed by atoms with van der Waals surface area (Å²) in [6.45, 7) is 14.3. The lowest BCUT2D eigenvalue weighted by molar-refractivity contribution is 0.331. The first-order valence-electron chi connectivity index (χ1n) is 21.4. The fraction of sp³-hybridized carbons (Fsp3) is 0.396. The lowest BCUT2D eigenvalue weighted by atomic mass is 9.85. The molecule has 9 heterocycles. The van der Waals surface area contributed by atoms with Crippen LogP contribution in [0.3, 0.4) is 0 Å². The average molecular weight is 917 g/mol. The van der Waals surface area contributed by atoms with Gasteiger partial charge in [0.05, 0.1) is 34.1 Å². The fourth-order valence-corrected chi connectivity index (χ4v) is 11.9. The van der Waals surface area contributed by atoms with Gasteiger partial charge >= 0.3 is 0 Å². The second-order valence-corrected chi connectivity index (χ2v) is 19.0. The largest absolute Gasteiger partial charge is 0.370 e. The van der Waals surface area contributed by atoms with Gasteiger partial charge in [0.25, 0.3) is 0 Å². The van der Waals surface area contributed by atoms with Gasteiger partial charge in [-0.05, 0) is 88.4 Å². The van der Waals surface area contributed by atoms with Crippen molar-refractivity contribution < 1.29 is 0 Å². The van der Waals surface area contributed by atoms with Crippen LogP contribution in [0.4, 0.5) is 0 Å². The van der Waals surface area contributed by atoms with Crippen molar-refractivity contribution in [1.29, 1.82) is 0 Å². The standard InChI is InChI=1S/C48H51Cl5N8/c1-5-58-27-13-9-17-36(58)43-32-21-22-33(54-32)44(37-18-10-14-28-59(37)6-2)35-31-38(49)48(53,56-35)47(52,42-20-12-16-30-61(42)8-4)40-25-26-45(50,57-40)46(51,39-24-23-34(43)55-39)41-19-11-15-29-60(41)7-3/h9-26,38,43,55H,5-8,27-31H2,1-4H3/b44-33+. The molecule has 0 aromatic carbocycles. The van der Waals surface area contributed by atoms with Gasteiger partial charge in [-0.1, -0.05) is 71.8 Å². The zero-order valence-corrected chi connectivity index (χ0v) is 38.7. The number of nitrogens with zero attached hydrogens (tertiary/aromatic N) is 7. The highest BCUT2D eigenvalue weighted by Gasteiger charge is 2.65. The molecule has 1 aromatic heterocycles. The van der Waals surface area contributed by atoms with Crippen LogP contribution >= 0.6 is 58.0 Å². The Morgan fingerprint density at radius 3 is 1.97 bits per heavy atom. The summed E-state index contributed by atoms with van der Waals surface area (Å²) in [5.41, 5.74) is 8.97. The molecule has 1 N–H and O–H groups in total. The summed E-state index contributed by atoms with van der Waals surface area (Å²) in [5, 5.41) is -0.762. The topological polar surface area (TPSA) is 65.8 Å². The number of halogens is 5. The van der Waals surface area contributed by atoms with Crippen molar-refractivity contribution in [1.82, 2.24) is 24.6 Å². The second kappa shape index (κ2) is 16.3. The summed E-state index contributed by atoms with van der Waals surface area (Å²) in [6.07, 6.45) is 33.5. The number of H-pyrrole nitrogens is 1. The molecule has 8 nitrogen and oxygen atoms in total. The smallest absolute Gasteiger partial charge is 0.182 e. The van der Waals surface area contributed by atoms with E-state index < -0.39 is 25.1 Å². The molecule has 318 valence electrons. The van der Waals surface area contributed by atoms with Crippen molar-refractivity contribution in [2.45, 2.75) is 65.2 Å². The molecule has 0 saturated carbocycles. The average Bonchev–Trinajstić information content (AvgIpc) is 4.12. The second-order valence-electron chi connectivity index (χ2n) is 16.2. The summed E-state index contributed by atoms with van der Waals surface area (Å²) in [4.78, 5) is 23.2. The third kappa shape index (κ3) is 6.56. The molecular weight excluding hydrogens is 866 g/mol. The summed E-state index contributed by atoms with van der Waals surface area (Å²) >= 11 is 40.4. The minimum absolute atomic E-state index is 0.280. The van der Waals surface area contributed by atoms with Gasteiger partial charge in [-0.3, -0.25) is 15.0 Å². The number of likely N-dealkylation sites (N-methyl/N-ethyl adjacent to an activating group) is 4. The number of alkyl halides is 5. The Morgan fingerprint density at radius 1 is 0.689 bits per heavy atom. The monoisotopic (exact) mass is 914 g/mol. The summed E-state index contributed by atoms with van der Waals surface area (Å²) in [5.74, 6) is -0.280. The number of rotatable bonds is 8. The highest BCUT2D eigenvalue weighted by atomic mass is 35.5. The molecular formula is C48H51Cl5N8. The van der Waals surface area contributed by atoms with Crippen molar-refractivity contribution in [2.24, 2.45) is 15.0 Å². The lowest BCUT2D eigenvalue weighted by Crippen LogP contribution is -2.58. The van der Waals surface area contributed by atoms with Gasteiger partial charge in [-0.15, -0.1) is 34.8 Å². The van der Waals surface area contributed by atoms with Crippen LogP contribution in [0.2, 0.25) is 0 Å². The molecule has 61 heavy (non-hydrogen) atoms. The quantitative estimate of drug-likeness (QED) is 0.209. The number of hydrogen-bond donors (Lipinski definition) is 1. The van der Waals surface area contributed by atoms with Crippen molar-refractivity contribution in [2.75, 3.05) is 52.4 Å². The van der Waals surface area contributed by atoms with Gasteiger partial charge in [0, 0.05) is 98.5 Å². The highest BCUT2D eigenvalue weighted by Crippen LogP contribution is 2.59. The van der Waals surface area contributed by atoms with Gasteiger partial charge in [0.1, 0.15) is 0 Å². The Labute approximate surface area is 384 Å². The zero-order chi connectivity index (χ0) is 42.7. The molecule has 13 heteroatoms. The predicted octanol–water partition coefficient (Wildman–Crippen LogP) is 10.2. The molecule has 0 saturated heterocycles. The van der Waals surface area contributed by atoms with Gasteiger partial charge in [0.15, 0.2) is 19.7 Å². The maximum atomic E-state index is 8.32. The molecule has 9 rings (SSSR count). The van der Waals surface area contributed by atoms with E-state index in [2.05, 4.69) is 119 Å². The van der Waals surface area contributed by atoms with E-state index in [1.54, 1.807) is 0 Å². The van der Waals surface area contributed by atoms with Crippen molar-refractivity contribution in [3.8, 4) is 0 Å². The molecule has 0 fully saturated rings. The van der Waals surface area contributed by atoms with Crippen LogP contribution in [0.25, 0.3) is 0 Å². The molecule has 1 aromatic rings. The SMILES string of the molecule is CCN1CC=CC=C1/C1=C2\C=CC(=N2)C(C2=CC=CCN2CC)c2ccc([nH]2)C(Cl)(C2=CC=CCN2CC)C2(Cl)C=CC(=N2)C(Cl)(C2=CC=CCN2CC)C2(Cl)N=C1CC2Cl. The number of fused-ring (bicyclic) bond motifs is 5. The van der Waals surface area contributed by atoms with Gasteiger partial charge in [-0.2, -0.15) is 0 Å². The third-order valence-corrected chi connectivity index (χ3v) is 16.4. The number of aromatic amines is 1. The molecule has 6 atom stereocenters.